The zero-order valence-electron chi connectivity index (χ0n) is 14.5. The van der Waals surface area contributed by atoms with Crippen LogP contribution in [0, 0.1) is 0 Å². The molecule has 1 N–H and O–H groups in total. The minimum atomic E-state index is -3.14. The molecule has 2 heterocycles. The molecule has 1 fully saturated rings. The third-order valence-electron chi connectivity index (χ3n) is 4.51. The highest BCUT2D eigenvalue weighted by atomic mass is 32.2. The summed E-state index contributed by atoms with van der Waals surface area (Å²) in [7, 11) is -1.58. The predicted molar refractivity (Wildman–Crippen MR) is 95.4 cm³/mol. The number of ether oxygens (including phenoxy) is 1. The van der Waals surface area contributed by atoms with Gasteiger partial charge in [0.05, 0.1) is 24.7 Å². The summed E-state index contributed by atoms with van der Waals surface area (Å²) in [4.78, 5) is 24.5. The summed E-state index contributed by atoms with van der Waals surface area (Å²) in [5.41, 5.74) is 1.07. The first-order valence-electron chi connectivity index (χ1n) is 8.39. The number of carbonyl (C=O) groups excluding carboxylic acids is 2. The Morgan fingerprint density at radius 1 is 1.35 bits per heavy atom. The Bertz CT molecular complexity index is 850. The molecule has 140 valence electrons. The predicted octanol–water partition coefficient (Wildman–Crippen LogP) is 0.477. The molecule has 1 saturated heterocycles. The Hall–Kier alpha value is -2.42. The van der Waals surface area contributed by atoms with E-state index in [-0.39, 0.29) is 48.4 Å². The number of benzene rings is 1. The van der Waals surface area contributed by atoms with Crippen LogP contribution in [0.3, 0.4) is 0 Å². The monoisotopic (exact) mass is 379 g/mol. The molecule has 26 heavy (non-hydrogen) atoms. The second-order valence-corrected chi connectivity index (χ2v) is 8.57. The molecular weight excluding hydrogens is 358 g/mol. The van der Waals surface area contributed by atoms with Crippen LogP contribution < -0.4 is 10.1 Å². The Kier molecular flexibility index (Phi) is 5.26. The van der Waals surface area contributed by atoms with Crippen LogP contribution in [0.5, 0.6) is 5.75 Å². The van der Waals surface area contributed by atoms with Crippen LogP contribution in [-0.2, 0) is 26.0 Å². The van der Waals surface area contributed by atoms with E-state index < -0.39 is 15.9 Å². The van der Waals surface area contributed by atoms with Crippen molar-refractivity contribution in [2.75, 3.05) is 18.6 Å². The van der Waals surface area contributed by atoms with Gasteiger partial charge in [0.15, 0.2) is 9.84 Å². The lowest BCUT2D eigenvalue weighted by molar-refractivity contribution is -0.133. The molecule has 9 heteroatoms. The third-order valence-corrected chi connectivity index (χ3v) is 6.26. The minimum absolute atomic E-state index is 0.0479. The minimum Gasteiger partial charge on any atom is -0.496 e. The van der Waals surface area contributed by atoms with Gasteiger partial charge in [0.25, 0.3) is 5.91 Å². The molecule has 1 aromatic rings. The number of nitrogens with zero attached hydrogens (tertiary/aromatic N) is 2. The lowest BCUT2D eigenvalue weighted by Gasteiger charge is -2.27. The van der Waals surface area contributed by atoms with Crippen LogP contribution in [0.4, 0.5) is 0 Å². The van der Waals surface area contributed by atoms with Crippen molar-refractivity contribution >= 4 is 27.4 Å². The summed E-state index contributed by atoms with van der Waals surface area (Å²) in [6.45, 7) is 0.271. The number of sulfone groups is 1. The normalized spacial score (nSPS) is 22.0. The number of hydrogen-bond acceptors (Lipinski definition) is 6. The van der Waals surface area contributed by atoms with Crippen LogP contribution in [0.2, 0.25) is 0 Å². The largest absolute Gasteiger partial charge is 0.496 e. The van der Waals surface area contributed by atoms with Crippen LogP contribution in [0.25, 0.3) is 0 Å². The first kappa shape index (κ1) is 18.4. The molecule has 2 aliphatic rings. The standard InChI is InChI=1S/C17H21N3O5S/c1-25-15-5-3-2-4-12(15)10-18-17(22)14-6-7-16(21)20(19-14)13-8-9-26(23,24)11-13/h2-5,13H,6-11H2,1H3,(H,18,22). The number of carbonyl (C=O) groups is 2. The molecule has 8 nitrogen and oxygen atoms in total. The van der Waals surface area contributed by atoms with Gasteiger partial charge in [0.1, 0.15) is 11.5 Å². The summed E-state index contributed by atoms with van der Waals surface area (Å²) in [5.74, 6) is 0.0129. The Balaban J connectivity index is 1.68. The van der Waals surface area contributed by atoms with E-state index in [9.17, 15) is 18.0 Å². The number of para-hydroxylation sites is 1. The average Bonchev–Trinajstić information content (AvgIpc) is 3.00. The first-order valence-corrected chi connectivity index (χ1v) is 10.2. The summed E-state index contributed by atoms with van der Waals surface area (Å²) in [6.07, 6.45) is 0.748. The molecule has 0 aliphatic carbocycles. The fourth-order valence-electron chi connectivity index (χ4n) is 3.11. The van der Waals surface area contributed by atoms with E-state index in [1.54, 1.807) is 13.2 Å². The maximum Gasteiger partial charge on any atom is 0.267 e. The Morgan fingerprint density at radius 3 is 2.81 bits per heavy atom. The molecular formula is C17H21N3O5S. The lowest BCUT2D eigenvalue weighted by atomic mass is 10.1. The van der Waals surface area contributed by atoms with Crippen LogP contribution in [0.15, 0.2) is 29.4 Å². The van der Waals surface area contributed by atoms with Crippen molar-refractivity contribution in [1.29, 1.82) is 0 Å². The third kappa shape index (κ3) is 4.04. The van der Waals surface area contributed by atoms with Gasteiger partial charge in [-0.1, -0.05) is 18.2 Å². The molecule has 0 radical (unpaired) electrons. The van der Waals surface area contributed by atoms with Crippen molar-refractivity contribution in [2.45, 2.75) is 31.8 Å². The van der Waals surface area contributed by atoms with Gasteiger partial charge in [-0.25, -0.2) is 13.4 Å². The van der Waals surface area contributed by atoms with Crippen molar-refractivity contribution in [2.24, 2.45) is 5.10 Å². The smallest absolute Gasteiger partial charge is 0.267 e. The lowest BCUT2D eigenvalue weighted by Crippen LogP contribution is -2.43. The highest BCUT2D eigenvalue weighted by Crippen LogP contribution is 2.22. The second kappa shape index (κ2) is 7.45. The van der Waals surface area contributed by atoms with E-state index in [0.717, 1.165) is 5.56 Å². The number of rotatable bonds is 5. The molecule has 2 amide bonds. The molecule has 1 aromatic carbocycles. The number of methoxy groups -OCH3 is 1. The quantitative estimate of drug-likeness (QED) is 0.801. The van der Waals surface area contributed by atoms with E-state index in [1.165, 1.54) is 5.01 Å². The van der Waals surface area contributed by atoms with E-state index in [2.05, 4.69) is 10.4 Å². The maximum atomic E-state index is 12.4. The van der Waals surface area contributed by atoms with Gasteiger partial charge in [-0.05, 0) is 12.5 Å². The van der Waals surface area contributed by atoms with E-state index in [4.69, 9.17) is 4.74 Å². The molecule has 0 aromatic heterocycles. The summed E-state index contributed by atoms with van der Waals surface area (Å²) in [6, 6.07) is 6.86. The van der Waals surface area contributed by atoms with Gasteiger partial charge >= 0.3 is 0 Å². The number of hydrazone groups is 1. The average molecular weight is 379 g/mol. The molecule has 2 aliphatic heterocycles. The first-order chi connectivity index (χ1) is 12.4. The number of nitrogens with one attached hydrogen (secondary N) is 1. The molecule has 0 spiro atoms. The van der Waals surface area contributed by atoms with Gasteiger partial charge in [0, 0.05) is 24.9 Å². The van der Waals surface area contributed by atoms with E-state index >= 15 is 0 Å². The number of hydrogen-bond donors (Lipinski definition) is 1. The highest BCUT2D eigenvalue weighted by Gasteiger charge is 2.37. The zero-order valence-corrected chi connectivity index (χ0v) is 15.3. The van der Waals surface area contributed by atoms with Crippen LogP contribution in [-0.4, -0.2) is 55.6 Å². The van der Waals surface area contributed by atoms with E-state index in [0.29, 0.717) is 12.2 Å². The zero-order chi connectivity index (χ0) is 18.7. The van der Waals surface area contributed by atoms with Gasteiger partial charge in [-0.15, -0.1) is 0 Å². The summed E-state index contributed by atoms with van der Waals surface area (Å²) < 4.78 is 28.5. The topological polar surface area (TPSA) is 105 Å². The maximum absolute atomic E-state index is 12.4. The molecule has 0 saturated carbocycles. The van der Waals surface area contributed by atoms with Crippen molar-refractivity contribution in [3.63, 3.8) is 0 Å². The van der Waals surface area contributed by atoms with Gasteiger partial charge < -0.3 is 10.1 Å². The van der Waals surface area contributed by atoms with Crippen molar-refractivity contribution in [1.82, 2.24) is 10.3 Å². The van der Waals surface area contributed by atoms with Crippen molar-refractivity contribution in [3.05, 3.63) is 29.8 Å². The second-order valence-electron chi connectivity index (χ2n) is 6.34. The van der Waals surface area contributed by atoms with E-state index in [1.807, 2.05) is 18.2 Å². The van der Waals surface area contributed by atoms with Gasteiger partial charge in [-0.2, -0.15) is 5.10 Å². The number of amides is 2. The van der Waals surface area contributed by atoms with Gasteiger partial charge in [-0.3, -0.25) is 9.59 Å². The van der Waals surface area contributed by atoms with Crippen LogP contribution in [0.1, 0.15) is 24.8 Å². The summed E-state index contributed by atoms with van der Waals surface area (Å²) >= 11 is 0. The molecule has 3 rings (SSSR count). The Morgan fingerprint density at radius 2 is 2.12 bits per heavy atom. The summed E-state index contributed by atoms with van der Waals surface area (Å²) in [5, 5.41) is 8.12. The fraction of sp³-hybridized carbons (Fsp3) is 0.471. The highest BCUT2D eigenvalue weighted by molar-refractivity contribution is 7.91. The SMILES string of the molecule is COc1ccccc1CNC(=O)C1=NN(C2CCS(=O)(=O)C2)C(=O)CC1. The molecule has 1 unspecified atom stereocenters. The van der Waals surface area contributed by atoms with Crippen molar-refractivity contribution in [3.8, 4) is 5.75 Å². The van der Waals surface area contributed by atoms with Crippen molar-refractivity contribution < 1.29 is 22.7 Å². The van der Waals surface area contributed by atoms with Gasteiger partial charge in [0.2, 0.25) is 5.91 Å². The molecule has 0 bridgehead atoms. The van der Waals surface area contributed by atoms with Crippen LogP contribution >= 0.6 is 0 Å². The molecule has 1 atom stereocenters. The Labute approximate surface area is 152 Å². The fourth-order valence-corrected chi connectivity index (χ4v) is 4.81.